The molecule has 2 heterocycles. The molecule has 0 saturated carbocycles. The molecule has 2 rings (SSSR count). The van der Waals surface area contributed by atoms with Crippen LogP contribution in [-0.4, -0.2) is 16.1 Å². The molecule has 4 nitrogen and oxygen atoms in total. The monoisotopic (exact) mass is 290 g/mol. The van der Waals surface area contributed by atoms with Crippen molar-refractivity contribution in [1.82, 2.24) is 10.2 Å². The van der Waals surface area contributed by atoms with Gasteiger partial charge in [0, 0.05) is 12.3 Å². The molecule has 0 spiro atoms. The molecule has 0 aliphatic carbocycles. The third-order valence-electron chi connectivity index (χ3n) is 1.78. The molecule has 0 amide bonds. The standard InChI is InChI=1S/C9H8BrClN2O2/c10-7-4-3-6(14-7)9-13-12-8(15-9)2-1-5-11/h3-4H,1-2,5H2. The fraction of sp³-hybridized carbons (Fsp3) is 0.333. The number of alkyl halides is 1. The Morgan fingerprint density at radius 1 is 1.27 bits per heavy atom. The van der Waals surface area contributed by atoms with Crippen LogP contribution in [0.1, 0.15) is 12.3 Å². The Labute approximate surface area is 99.8 Å². The molecule has 0 N–H and O–H groups in total. The second-order valence-corrected chi connectivity index (χ2v) is 4.06. The molecule has 2 aromatic heterocycles. The van der Waals surface area contributed by atoms with Crippen LogP contribution in [0.25, 0.3) is 11.7 Å². The van der Waals surface area contributed by atoms with Gasteiger partial charge >= 0.3 is 0 Å². The van der Waals surface area contributed by atoms with Crippen LogP contribution in [-0.2, 0) is 6.42 Å². The summed E-state index contributed by atoms with van der Waals surface area (Å²) in [5.41, 5.74) is 0. The van der Waals surface area contributed by atoms with E-state index in [9.17, 15) is 0 Å². The molecular formula is C9H8BrClN2O2. The number of hydrogen-bond acceptors (Lipinski definition) is 4. The minimum Gasteiger partial charge on any atom is -0.444 e. The smallest absolute Gasteiger partial charge is 0.283 e. The zero-order chi connectivity index (χ0) is 10.7. The highest BCUT2D eigenvalue weighted by Crippen LogP contribution is 2.23. The second kappa shape index (κ2) is 4.81. The molecule has 80 valence electrons. The molecule has 0 aromatic carbocycles. The Hall–Kier alpha value is -0.810. The zero-order valence-corrected chi connectivity index (χ0v) is 10.1. The Morgan fingerprint density at radius 3 is 2.80 bits per heavy atom. The quantitative estimate of drug-likeness (QED) is 0.811. The van der Waals surface area contributed by atoms with Crippen LogP contribution in [0.2, 0.25) is 0 Å². The first kappa shape index (κ1) is 10.7. The molecule has 0 bridgehead atoms. The van der Waals surface area contributed by atoms with Crippen LogP contribution < -0.4 is 0 Å². The van der Waals surface area contributed by atoms with Gasteiger partial charge in [0.25, 0.3) is 5.89 Å². The normalized spacial score (nSPS) is 10.8. The van der Waals surface area contributed by atoms with E-state index in [4.69, 9.17) is 20.4 Å². The maximum absolute atomic E-state index is 5.56. The predicted molar refractivity (Wildman–Crippen MR) is 58.7 cm³/mol. The van der Waals surface area contributed by atoms with Crippen molar-refractivity contribution in [2.24, 2.45) is 0 Å². The van der Waals surface area contributed by atoms with Gasteiger partial charge in [-0.3, -0.25) is 0 Å². The summed E-state index contributed by atoms with van der Waals surface area (Å²) in [7, 11) is 0. The van der Waals surface area contributed by atoms with E-state index < -0.39 is 0 Å². The van der Waals surface area contributed by atoms with Crippen molar-refractivity contribution in [1.29, 1.82) is 0 Å². The average molecular weight is 292 g/mol. The fourth-order valence-electron chi connectivity index (χ4n) is 1.10. The summed E-state index contributed by atoms with van der Waals surface area (Å²) in [5, 5.41) is 7.77. The number of rotatable bonds is 4. The summed E-state index contributed by atoms with van der Waals surface area (Å²) in [6.07, 6.45) is 1.52. The van der Waals surface area contributed by atoms with Gasteiger partial charge < -0.3 is 8.83 Å². The van der Waals surface area contributed by atoms with E-state index in [2.05, 4.69) is 26.1 Å². The van der Waals surface area contributed by atoms with Gasteiger partial charge in [0.15, 0.2) is 10.4 Å². The maximum atomic E-state index is 5.56. The lowest BCUT2D eigenvalue weighted by molar-refractivity contribution is 0.472. The van der Waals surface area contributed by atoms with Crippen molar-refractivity contribution in [2.75, 3.05) is 5.88 Å². The zero-order valence-electron chi connectivity index (χ0n) is 7.74. The molecule has 0 fully saturated rings. The second-order valence-electron chi connectivity index (χ2n) is 2.90. The van der Waals surface area contributed by atoms with Crippen molar-refractivity contribution >= 4 is 27.5 Å². The van der Waals surface area contributed by atoms with E-state index in [1.165, 1.54) is 0 Å². The number of aromatic nitrogens is 2. The lowest BCUT2D eigenvalue weighted by atomic mass is 10.3. The summed E-state index contributed by atoms with van der Waals surface area (Å²) >= 11 is 8.77. The van der Waals surface area contributed by atoms with Crippen molar-refractivity contribution < 1.29 is 8.83 Å². The lowest BCUT2D eigenvalue weighted by Gasteiger charge is -1.89. The third kappa shape index (κ3) is 2.60. The van der Waals surface area contributed by atoms with Crippen LogP contribution in [0.15, 0.2) is 25.6 Å². The van der Waals surface area contributed by atoms with E-state index in [0.717, 1.165) is 6.42 Å². The predicted octanol–water partition coefficient (Wildman–Crippen LogP) is 3.26. The topological polar surface area (TPSA) is 52.1 Å². The Balaban J connectivity index is 2.13. The molecule has 0 aliphatic heterocycles. The molecular weight excluding hydrogens is 283 g/mol. The van der Waals surface area contributed by atoms with Gasteiger partial charge in [-0.05, 0) is 34.5 Å². The lowest BCUT2D eigenvalue weighted by Crippen LogP contribution is -1.85. The molecule has 0 unspecified atom stereocenters. The summed E-state index contributed by atoms with van der Waals surface area (Å²) in [4.78, 5) is 0. The summed E-state index contributed by atoms with van der Waals surface area (Å²) in [6.45, 7) is 0. The number of aryl methyl sites for hydroxylation is 1. The van der Waals surface area contributed by atoms with Gasteiger partial charge in [-0.15, -0.1) is 21.8 Å². The number of hydrogen-bond donors (Lipinski definition) is 0. The first-order chi connectivity index (χ1) is 7.29. The highest BCUT2D eigenvalue weighted by atomic mass is 79.9. The Morgan fingerprint density at radius 2 is 2.13 bits per heavy atom. The van der Waals surface area contributed by atoms with E-state index in [1.54, 1.807) is 12.1 Å². The summed E-state index contributed by atoms with van der Waals surface area (Å²) in [5.74, 6) is 2.12. The number of nitrogens with zero attached hydrogens (tertiary/aromatic N) is 2. The molecule has 0 atom stereocenters. The SMILES string of the molecule is ClCCCc1nnc(-c2ccc(Br)o2)o1. The molecule has 0 aliphatic rings. The van der Waals surface area contributed by atoms with Gasteiger partial charge in [-0.1, -0.05) is 0 Å². The van der Waals surface area contributed by atoms with Crippen LogP contribution in [0, 0.1) is 0 Å². The Kier molecular flexibility index (Phi) is 3.43. The van der Waals surface area contributed by atoms with Crippen molar-refractivity contribution in [2.45, 2.75) is 12.8 Å². The molecule has 6 heteroatoms. The third-order valence-corrected chi connectivity index (χ3v) is 2.47. The summed E-state index contributed by atoms with van der Waals surface area (Å²) in [6, 6.07) is 3.54. The van der Waals surface area contributed by atoms with E-state index in [-0.39, 0.29) is 0 Å². The van der Waals surface area contributed by atoms with E-state index >= 15 is 0 Å². The minimum absolute atomic E-state index is 0.394. The minimum atomic E-state index is 0.394. The largest absolute Gasteiger partial charge is 0.444 e. The highest BCUT2D eigenvalue weighted by Gasteiger charge is 2.11. The van der Waals surface area contributed by atoms with Gasteiger partial charge in [0.2, 0.25) is 5.89 Å². The van der Waals surface area contributed by atoms with Gasteiger partial charge in [-0.25, -0.2) is 0 Å². The van der Waals surface area contributed by atoms with Crippen molar-refractivity contribution in [3.05, 3.63) is 22.7 Å². The van der Waals surface area contributed by atoms with Crippen LogP contribution in [0.3, 0.4) is 0 Å². The number of furan rings is 1. The first-order valence-electron chi connectivity index (χ1n) is 4.43. The van der Waals surface area contributed by atoms with E-state index in [1.807, 2.05) is 0 Å². The average Bonchev–Trinajstić information content (AvgIpc) is 2.83. The Bertz CT molecular complexity index is 441. The van der Waals surface area contributed by atoms with Crippen LogP contribution in [0.5, 0.6) is 0 Å². The molecule has 2 aromatic rings. The fourth-order valence-corrected chi connectivity index (χ4v) is 1.54. The van der Waals surface area contributed by atoms with Gasteiger partial charge in [0.05, 0.1) is 0 Å². The van der Waals surface area contributed by atoms with Crippen LogP contribution in [0.4, 0.5) is 0 Å². The molecule has 15 heavy (non-hydrogen) atoms. The van der Waals surface area contributed by atoms with Gasteiger partial charge in [0.1, 0.15) is 0 Å². The van der Waals surface area contributed by atoms with E-state index in [0.29, 0.717) is 34.5 Å². The van der Waals surface area contributed by atoms with Gasteiger partial charge in [-0.2, -0.15) is 0 Å². The van der Waals surface area contributed by atoms with Crippen molar-refractivity contribution in [3.63, 3.8) is 0 Å². The molecule has 0 radical (unpaired) electrons. The first-order valence-corrected chi connectivity index (χ1v) is 5.76. The molecule has 0 saturated heterocycles. The number of halogens is 2. The maximum Gasteiger partial charge on any atom is 0.283 e. The highest BCUT2D eigenvalue weighted by molar-refractivity contribution is 9.10. The summed E-state index contributed by atoms with van der Waals surface area (Å²) < 4.78 is 11.3. The van der Waals surface area contributed by atoms with Crippen LogP contribution >= 0.6 is 27.5 Å². The van der Waals surface area contributed by atoms with Crippen molar-refractivity contribution in [3.8, 4) is 11.7 Å².